The summed E-state index contributed by atoms with van der Waals surface area (Å²) in [4.78, 5) is 39.6. The molecule has 1 heterocycles. The van der Waals surface area contributed by atoms with Gasteiger partial charge < -0.3 is 24.4 Å². The monoisotopic (exact) mass is 524 g/mol. The summed E-state index contributed by atoms with van der Waals surface area (Å²) >= 11 is 0. The van der Waals surface area contributed by atoms with Crippen molar-refractivity contribution in [3.05, 3.63) is 59.7 Å². The maximum Gasteiger partial charge on any atom is 0.328 e. The lowest BCUT2D eigenvalue weighted by molar-refractivity contribution is -0.145. The van der Waals surface area contributed by atoms with Gasteiger partial charge in [0.2, 0.25) is 11.8 Å². The number of hydrogen-bond donors (Lipinski definition) is 1. The van der Waals surface area contributed by atoms with Crippen LogP contribution in [0.25, 0.3) is 0 Å². The molecular weight excluding hydrogens is 484 g/mol. The van der Waals surface area contributed by atoms with E-state index in [2.05, 4.69) is 5.32 Å². The molecule has 1 saturated heterocycles. The number of aryl methyl sites for hydroxylation is 2. The third-order valence-corrected chi connectivity index (χ3v) is 7.00. The van der Waals surface area contributed by atoms with Crippen LogP contribution in [0.5, 0.6) is 11.5 Å². The SMILES string of the molecule is CCOc1ccc(CCC(=O)N2CCC(CC(=O)N[C@@H](CCc3ccc(OC)cc3)C(=O)OC)CC2)cc1. The molecule has 1 atom stereocenters. The van der Waals surface area contributed by atoms with E-state index in [9.17, 15) is 14.4 Å². The predicted molar refractivity (Wildman–Crippen MR) is 145 cm³/mol. The first kappa shape index (κ1) is 29.0. The summed E-state index contributed by atoms with van der Waals surface area (Å²) in [5.74, 6) is 1.34. The summed E-state index contributed by atoms with van der Waals surface area (Å²) in [6.07, 6.45) is 4.12. The minimum Gasteiger partial charge on any atom is -0.497 e. The molecule has 0 spiro atoms. The van der Waals surface area contributed by atoms with E-state index >= 15 is 0 Å². The second-order valence-corrected chi connectivity index (χ2v) is 9.64. The first-order valence-electron chi connectivity index (χ1n) is 13.4. The van der Waals surface area contributed by atoms with Gasteiger partial charge in [-0.15, -0.1) is 0 Å². The van der Waals surface area contributed by atoms with Gasteiger partial charge in [-0.1, -0.05) is 24.3 Å². The molecule has 1 aliphatic rings. The Labute approximate surface area is 225 Å². The van der Waals surface area contributed by atoms with Crippen molar-refractivity contribution in [2.24, 2.45) is 5.92 Å². The third kappa shape index (κ3) is 9.08. The quantitative estimate of drug-likeness (QED) is 0.399. The van der Waals surface area contributed by atoms with Gasteiger partial charge in [0.25, 0.3) is 0 Å². The van der Waals surface area contributed by atoms with Crippen LogP contribution in [-0.2, 0) is 32.0 Å². The van der Waals surface area contributed by atoms with Crippen molar-refractivity contribution in [1.29, 1.82) is 0 Å². The van der Waals surface area contributed by atoms with Crippen LogP contribution in [0.1, 0.15) is 50.2 Å². The van der Waals surface area contributed by atoms with Crippen LogP contribution in [0.3, 0.4) is 0 Å². The highest BCUT2D eigenvalue weighted by atomic mass is 16.5. The van der Waals surface area contributed by atoms with Crippen molar-refractivity contribution in [3.8, 4) is 11.5 Å². The van der Waals surface area contributed by atoms with Gasteiger partial charge >= 0.3 is 5.97 Å². The zero-order valence-corrected chi connectivity index (χ0v) is 22.7. The van der Waals surface area contributed by atoms with Gasteiger partial charge in [-0.2, -0.15) is 0 Å². The van der Waals surface area contributed by atoms with E-state index in [0.717, 1.165) is 35.5 Å². The summed E-state index contributed by atoms with van der Waals surface area (Å²) < 4.78 is 15.6. The number of nitrogens with one attached hydrogen (secondary N) is 1. The molecule has 2 amide bonds. The predicted octanol–water partition coefficient (Wildman–Crippen LogP) is 3.95. The van der Waals surface area contributed by atoms with Gasteiger partial charge in [-0.3, -0.25) is 9.59 Å². The van der Waals surface area contributed by atoms with Crippen LogP contribution in [-0.4, -0.2) is 62.6 Å². The van der Waals surface area contributed by atoms with E-state index in [1.807, 2.05) is 60.4 Å². The molecule has 0 saturated carbocycles. The molecule has 2 aromatic rings. The zero-order chi connectivity index (χ0) is 27.3. The Hall–Kier alpha value is -3.55. The molecular formula is C30H40N2O6. The number of benzene rings is 2. The largest absolute Gasteiger partial charge is 0.497 e. The van der Waals surface area contributed by atoms with Crippen molar-refractivity contribution >= 4 is 17.8 Å². The Bertz CT molecular complexity index is 1030. The van der Waals surface area contributed by atoms with Crippen LogP contribution in [0.15, 0.2) is 48.5 Å². The number of piperidine rings is 1. The lowest BCUT2D eigenvalue weighted by Gasteiger charge is -2.32. The molecule has 0 aliphatic carbocycles. The van der Waals surface area contributed by atoms with Crippen molar-refractivity contribution in [2.45, 2.75) is 57.9 Å². The fraction of sp³-hybridized carbons (Fsp3) is 0.500. The van der Waals surface area contributed by atoms with Gasteiger partial charge in [-0.05, 0) is 80.3 Å². The lowest BCUT2D eigenvalue weighted by Crippen LogP contribution is -2.44. The average molecular weight is 525 g/mol. The van der Waals surface area contributed by atoms with Gasteiger partial charge in [0.05, 0.1) is 20.8 Å². The normalized spacial score (nSPS) is 14.4. The summed E-state index contributed by atoms with van der Waals surface area (Å²) in [6.45, 7) is 3.88. The number of esters is 1. The fourth-order valence-corrected chi connectivity index (χ4v) is 4.72. The number of amides is 2. The van der Waals surface area contributed by atoms with Crippen molar-refractivity contribution < 1.29 is 28.6 Å². The molecule has 1 N–H and O–H groups in total. The summed E-state index contributed by atoms with van der Waals surface area (Å²) in [5.41, 5.74) is 2.16. The Morgan fingerprint density at radius 2 is 1.53 bits per heavy atom. The Balaban J connectivity index is 1.40. The van der Waals surface area contributed by atoms with Crippen LogP contribution in [0.4, 0.5) is 0 Å². The summed E-state index contributed by atoms with van der Waals surface area (Å²) in [7, 11) is 2.95. The molecule has 3 rings (SSSR count). The fourth-order valence-electron chi connectivity index (χ4n) is 4.72. The molecule has 8 heteroatoms. The van der Waals surface area contributed by atoms with Gasteiger partial charge in [0.1, 0.15) is 17.5 Å². The molecule has 0 radical (unpaired) electrons. The molecule has 0 unspecified atom stereocenters. The maximum absolute atomic E-state index is 12.8. The number of ether oxygens (including phenoxy) is 3. The molecule has 0 aromatic heterocycles. The minimum atomic E-state index is -0.695. The van der Waals surface area contributed by atoms with Crippen molar-refractivity contribution in [1.82, 2.24) is 10.2 Å². The van der Waals surface area contributed by atoms with E-state index in [0.29, 0.717) is 51.8 Å². The maximum atomic E-state index is 12.8. The molecule has 1 fully saturated rings. The summed E-state index contributed by atoms with van der Waals surface area (Å²) in [6, 6.07) is 14.8. The van der Waals surface area contributed by atoms with E-state index < -0.39 is 12.0 Å². The molecule has 206 valence electrons. The Kier molecular flexibility index (Phi) is 11.5. The number of nitrogens with zero attached hydrogens (tertiary/aromatic N) is 1. The number of methoxy groups -OCH3 is 2. The lowest BCUT2D eigenvalue weighted by atomic mass is 9.92. The second-order valence-electron chi connectivity index (χ2n) is 9.64. The molecule has 1 aliphatic heterocycles. The summed E-state index contributed by atoms with van der Waals surface area (Å²) in [5, 5.41) is 2.86. The molecule has 8 nitrogen and oxygen atoms in total. The molecule has 2 aromatic carbocycles. The van der Waals surface area contributed by atoms with Crippen LogP contribution in [0.2, 0.25) is 0 Å². The second kappa shape index (κ2) is 15.0. The van der Waals surface area contributed by atoms with Crippen LogP contribution in [0, 0.1) is 5.92 Å². The average Bonchev–Trinajstić information content (AvgIpc) is 2.95. The minimum absolute atomic E-state index is 0.145. The van der Waals surface area contributed by atoms with Crippen molar-refractivity contribution in [3.63, 3.8) is 0 Å². The molecule has 38 heavy (non-hydrogen) atoms. The highest BCUT2D eigenvalue weighted by molar-refractivity contribution is 5.84. The number of rotatable bonds is 13. The van der Waals surface area contributed by atoms with E-state index in [-0.39, 0.29) is 17.7 Å². The first-order chi connectivity index (χ1) is 18.4. The van der Waals surface area contributed by atoms with Gasteiger partial charge in [0, 0.05) is 25.9 Å². The van der Waals surface area contributed by atoms with Gasteiger partial charge in [-0.25, -0.2) is 4.79 Å². The van der Waals surface area contributed by atoms with Crippen molar-refractivity contribution in [2.75, 3.05) is 33.9 Å². The number of hydrogen-bond acceptors (Lipinski definition) is 6. The highest BCUT2D eigenvalue weighted by Crippen LogP contribution is 2.22. The standard InChI is InChI=1S/C30H40N2O6/c1-4-38-26-13-7-23(8-14-26)10-16-29(34)32-19-17-24(18-20-32)21-28(33)31-27(30(35)37-3)15-9-22-5-11-25(36-2)12-6-22/h5-8,11-14,24,27H,4,9-10,15-21H2,1-3H3,(H,31,33)/t27-/m0/s1. The molecule has 0 bridgehead atoms. The zero-order valence-electron chi connectivity index (χ0n) is 22.7. The number of carbonyl (C=O) groups is 3. The Morgan fingerprint density at radius 3 is 2.11 bits per heavy atom. The van der Waals surface area contributed by atoms with Crippen LogP contribution < -0.4 is 14.8 Å². The van der Waals surface area contributed by atoms with Crippen LogP contribution >= 0.6 is 0 Å². The van der Waals surface area contributed by atoms with Gasteiger partial charge in [0.15, 0.2) is 0 Å². The van der Waals surface area contributed by atoms with E-state index in [1.54, 1.807) is 7.11 Å². The number of carbonyl (C=O) groups excluding carboxylic acids is 3. The van der Waals surface area contributed by atoms with E-state index in [4.69, 9.17) is 14.2 Å². The van der Waals surface area contributed by atoms with E-state index in [1.165, 1.54) is 7.11 Å². The smallest absolute Gasteiger partial charge is 0.328 e. The topological polar surface area (TPSA) is 94.2 Å². The highest BCUT2D eigenvalue weighted by Gasteiger charge is 2.27. The first-order valence-corrected chi connectivity index (χ1v) is 13.4. The number of likely N-dealkylation sites (tertiary alicyclic amines) is 1. The third-order valence-electron chi connectivity index (χ3n) is 7.00. The Morgan fingerprint density at radius 1 is 0.921 bits per heavy atom.